The van der Waals surface area contributed by atoms with Gasteiger partial charge in [-0.3, -0.25) is 4.79 Å². The Morgan fingerprint density at radius 1 is 1.14 bits per heavy atom. The molecule has 1 unspecified atom stereocenters. The minimum atomic E-state index is -4.73. The zero-order valence-electron chi connectivity index (χ0n) is 17.9. The van der Waals surface area contributed by atoms with E-state index in [2.05, 4.69) is 10.5 Å². The number of carbonyl (C=O) groups is 1. The molecule has 1 saturated heterocycles. The Morgan fingerprint density at radius 2 is 1.83 bits per heavy atom. The van der Waals surface area contributed by atoms with Crippen molar-refractivity contribution >= 4 is 23.2 Å². The third-order valence-electron chi connectivity index (χ3n) is 5.78. The highest BCUT2D eigenvalue weighted by molar-refractivity contribution is 6.30. The summed E-state index contributed by atoms with van der Waals surface area (Å²) in [5, 5.41) is 5.71. The summed E-state index contributed by atoms with van der Waals surface area (Å²) in [4.78, 5) is 17.9. The summed E-state index contributed by atoms with van der Waals surface area (Å²) in [6, 6.07) is 5.05. The Labute approximate surface area is 199 Å². The molecule has 1 N–H and O–H groups in total. The van der Waals surface area contributed by atoms with Crippen LogP contribution in [-0.2, 0) is 11.0 Å². The standard InChI is InChI=1S/C22H17ClF7N3O2/c1-10-4-11(2-3-14(10)20(34)31-13-8-33(9-13)22(28,29)30)17-7-18(35-32-17)15-5-12(21(25,26)27)6-16(23)19(15)24/h2-6,13,18H,7-9H2,1H3,(H,31,34). The molecule has 2 aromatic rings. The van der Waals surface area contributed by atoms with Crippen molar-refractivity contribution in [3.8, 4) is 0 Å². The highest BCUT2D eigenvalue weighted by atomic mass is 35.5. The van der Waals surface area contributed by atoms with Gasteiger partial charge in [0.15, 0.2) is 6.10 Å². The first-order valence-corrected chi connectivity index (χ1v) is 10.6. The maximum atomic E-state index is 14.4. The molecule has 0 bridgehead atoms. The number of nitrogens with one attached hydrogen (secondary N) is 1. The van der Waals surface area contributed by atoms with Gasteiger partial charge in [0.25, 0.3) is 5.91 Å². The lowest BCUT2D eigenvalue weighted by Gasteiger charge is -2.40. The molecule has 0 radical (unpaired) electrons. The van der Waals surface area contributed by atoms with Crippen LogP contribution >= 0.6 is 11.6 Å². The summed E-state index contributed by atoms with van der Waals surface area (Å²) < 4.78 is 91.4. The van der Waals surface area contributed by atoms with Crippen LogP contribution in [0, 0.1) is 12.7 Å². The fourth-order valence-electron chi connectivity index (χ4n) is 3.86. The van der Waals surface area contributed by atoms with Gasteiger partial charge in [0.2, 0.25) is 0 Å². The van der Waals surface area contributed by atoms with E-state index in [-0.39, 0.29) is 35.5 Å². The fourth-order valence-corrected chi connectivity index (χ4v) is 4.09. The van der Waals surface area contributed by atoms with E-state index in [0.29, 0.717) is 29.0 Å². The molecule has 2 aromatic carbocycles. The van der Waals surface area contributed by atoms with E-state index in [4.69, 9.17) is 16.4 Å². The Morgan fingerprint density at radius 3 is 2.43 bits per heavy atom. The van der Waals surface area contributed by atoms with Crippen molar-refractivity contribution in [3.63, 3.8) is 0 Å². The Kier molecular flexibility index (Phi) is 6.47. The number of halogens is 8. The summed E-state index contributed by atoms with van der Waals surface area (Å²) in [7, 11) is 0. The summed E-state index contributed by atoms with van der Waals surface area (Å²) in [6.07, 6.45) is -10.4. The number of nitrogens with zero attached hydrogens (tertiary/aromatic N) is 2. The first-order valence-electron chi connectivity index (χ1n) is 10.3. The second-order valence-electron chi connectivity index (χ2n) is 8.27. The van der Waals surface area contributed by atoms with E-state index in [9.17, 15) is 35.5 Å². The zero-order chi connectivity index (χ0) is 25.7. The van der Waals surface area contributed by atoms with Crippen LogP contribution in [-0.4, -0.2) is 42.0 Å². The summed E-state index contributed by atoms with van der Waals surface area (Å²) in [6.45, 7) is 0.942. The minimum absolute atomic E-state index is 0.0467. The molecule has 188 valence electrons. The molecule has 0 aliphatic carbocycles. The fraction of sp³-hybridized carbons (Fsp3) is 0.364. The van der Waals surface area contributed by atoms with Crippen LogP contribution in [0.2, 0.25) is 5.02 Å². The minimum Gasteiger partial charge on any atom is -0.387 e. The van der Waals surface area contributed by atoms with E-state index in [1.807, 2.05) is 0 Å². The quantitative estimate of drug-likeness (QED) is 0.419. The number of oxime groups is 1. The topological polar surface area (TPSA) is 53.9 Å². The third-order valence-corrected chi connectivity index (χ3v) is 6.05. The lowest BCUT2D eigenvalue weighted by molar-refractivity contribution is -0.268. The van der Waals surface area contributed by atoms with Crippen LogP contribution in [0.15, 0.2) is 35.5 Å². The first-order chi connectivity index (χ1) is 16.2. The molecule has 1 fully saturated rings. The van der Waals surface area contributed by atoms with Gasteiger partial charge in [0.1, 0.15) is 5.82 Å². The molecule has 2 aliphatic rings. The van der Waals surface area contributed by atoms with Crippen LogP contribution in [0.5, 0.6) is 0 Å². The van der Waals surface area contributed by atoms with Crippen molar-refractivity contribution in [2.24, 2.45) is 5.16 Å². The van der Waals surface area contributed by atoms with Gasteiger partial charge in [-0.15, -0.1) is 0 Å². The van der Waals surface area contributed by atoms with Crippen LogP contribution in [0.1, 0.15) is 45.1 Å². The SMILES string of the molecule is Cc1cc(C2=NOC(c3cc(C(F)(F)F)cc(Cl)c3F)C2)ccc1C(=O)NC1CN(C(F)(F)F)C1. The molecule has 2 aliphatic heterocycles. The average Bonchev–Trinajstić information content (AvgIpc) is 3.20. The molecule has 1 amide bonds. The predicted octanol–water partition coefficient (Wildman–Crippen LogP) is 5.61. The smallest absolute Gasteiger partial charge is 0.387 e. The highest BCUT2D eigenvalue weighted by Crippen LogP contribution is 2.39. The van der Waals surface area contributed by atoms with Crippen molar-refractivity contribution < 1.29 is 40.4 Å². The van der Waals surface area contributed by atoms with Gasteiger partial charge in [-0.1, -0.05) is 22.8 Å². The van der Waals surface area contributed by atoms with Gasteiger partial charge in [-0.25, -0.2) is 9.29 Å². The molecule has 35 heavy (non-hydrogen) atoms. The van der Waals surface area contributed by atoms with Gasteiger partial charge in [0.05, 0.1) is 22.3 Å². The van der Waals surface area contributed by atoms with Crippen molar-refractivity contribution in [1.29, 1.82) is 0 Å². The normalized spacial score (nSPS) is 19.2. The zero-order valence-corrected chi connectivity index (χ0v) is 18.7. The molecule has 0 saturated carbocycles. The number of alkyl halides is 6. The van der Waals surface area contributed by atoms with Crippen LogP contribution in [0.25, 0.3) is 0 Å². The molecular formula is C22H17ClF7N3O2. The molecule has 0 aromatic heterocycles. The predicted molar refractivity (Wildman–Crippen MR) is 111 cm³/mol. The number of aryl methyl sites for hydroxylation is 1. The van der Waals surface area contributed by atoms with Crippen molar-refractivity contribution in [1.82, 2.24) is 10.2 Å². The maximum absolute atomic E-state index is 14.4. The number of carbonyl (C=O) groups excluding carboxylic acids is 1. The second kappa shape index (κ2) is 8.98. The molecule has 1 atom stereocenters. The van der Waals surface area contributed by atoms with E-state index >= 15 is 0 Å². The van der Waals surface area contributed by atoms with Crippen LogP contribution in [0.4, 0.5) is 30.7 Å². The van der Waals surface area contributed by atoms with E-state index in [0.717, 1.165) is 0 Å². The van der Waals surface area contributed by atoms with Crippen molar-refractivity contribution in [3.05, 3.63) is 69.0 Å². The third kappa shape index (κ3) is 5.22. The van der Waals surface area contributed by atoms with Gasteiger partial charge >= 0.3 is 12.5 Å². The number of rotatable bonds is 4. The van der Waals surface area contributed by atoms with Crippen molar-refractivity contribution in [2.45, 2.75) is 38.0 Å². The Hall–Kier alpha value is -2.86. The van der Waals surface area contributed by atoms with Gasteiger partial charge in [-0.2, -0.15) is 26.3 Å². The number of benzene rings is 2. The summed E-state index contributed by atoms with van der Waals surface area (Å²) in [5.74, 6) is -1.58. The molecule has 4 rings (SSSR count). The van der Waals surface area contributed by atoms with Crippen LogP contribution in [0.3, 0.4) is 0 Å². The van der Waals surface area contributed by atoms with E-state index in [1.54, 1.807) is 13.0 Å². The molecule has 13 heteroatoms. The Balaban J connectivity index is 1.44. The Bertz CT molecular complexity index is 1190. The largest absolute Gasteiger partial charge is 0.460 e. The van der Waals surface area contributed by atoms with Gasteiger partial charge in [-0.05, 0) is 42.3 Å². The number of hydrogen-bond acceptors (Lipinski definition) is 4. The molecule has 0 spiro atoms. The number of likely N-dealkylation sites (tertiary alicyclic amines) is 1. The van der Waals surface area contributed by atoms with Crippen molar-refractivity contribution in [2.75, 3.05) is 13.1 Å². The second-order valence-corrected chi connectivity index (χ2v) is 8.68. The average molecular weight is 524 g/mol. The first kappa shape index (κ1) is 25.2. The molecule has 2 heterocycles. The van der Waals surface area contributed by atoms with E-state index < -0.39 is 46.9 Å². The lowest BCUT2D eigenvalue weighted by atomic mass is 9.96. The monoisotopic (exact) mass is 523 g/mol. The molecule has 5 nitrogen and oxygen atoms in total. The van der Waals surface area contributed by atoms with Gasteiger partial charge in [0, 0.05) is 30.6 Å². The molecular weight excluding hydrogens is 507 g/mol. The van der Waals surface area contributed by atoms with E-state index in [1.165, 1.54) is 12.1 Å². The van der Waals surface area contributed by atoms with Gasteiger partial charge < -0.3 is 10.2 Å². The summed E-state index contributed by atoms with van der Waals surface area (Å²) in [5.41, 5.74) is 0.0406. The number of hydrogen-bond donors (Lipinski definition) is 1. The lowest BCUT2D eigenvalue weighted by Crippen LogP contribution is -2.63. The highest BCUT2D eigenvalue weighted by Gasteiger charge is 2.45. The van der Waals surface area contributed by atoms with Crippen LogP contribution < -0.4 is 5.32 Å². The maximum Gasteiger partial charge on any atom is 0.460 e. The summed E-state index contributed by atoms with van der Waals surface area (Å²) >= 11 is 5.64. The number of amides is 1.